The van der Waals surface area contributed by atoms with Crippen LogP contribution in [0, 0.1) is 16.0 Å². The van der Waals surface area contributed by atoms with Gasteiger partial charge in [0.1, 0.15) is 5.56 Å². The van der Waals surface area contributed by atoms with Gasteiger partial charge in [-0.25, -0.2) is 0 Å². The van der Waals surface area contributed by atoms with E-state index < -0.39 is 4.92 Å². The highest BCUT2D eigenvalue weighted by molar-refractivity contribution is 5.99. The van der Waals surface area contributed by atoms with Crippen LogP contribution in [0.4, 0.5) is 11.4 Å². The van der Waals surface area contributed by atoms with Gasteiger partial charge in [-0.05, 0) is 68.0 Å². The standard InChI is InChI=1S/C25H32N4O3/c1-19-10-14-27(15-11-19)18-21-6-4-20(5-7-21)17-26-22-8-9-24(29(31)32)23(16-22)25(30)28-12-2-3-13-28/h4-9,16,19,26H,2-3,10-15,17-18H2,1H3. The normalized spacial score (nSPS) is 17.5. The molecule has 0 atom stereocenters. The van der Waals surface area contributed by atoms with E-state index in [0.717, 1.165) is 30.9 Å². The van der Waals surface area contributed by atoms with Crippen molar-refractivity contribution in [2.75, 3.05) is 31.5 Å². The van der Waals surface area contributed by atoms with E-state index in [1.165, 1.54) is 37.6 Å². The van der Waals surface area contributed by atoms with Crippen LogP contribution >= 0.6 is 0 Å². The summed E-state index contributed by atoms with van der Waals surface area (Å²) in [5, 5.41) is 14.7. The maximum absolute atomic E-state index is 12.8. The summed E-state index contributed by atoms with van der Waals surface area (Å²) in [6, 6.07) is 13.3. The summed E-state index contributed by atoms with van der Waals surface area (Å²) in [5.74, 6) is 0.583. The van der Waals surface area contributed by atoms with E-state index in [2.05, 4.69) is 41.4 Å². The molecule has 0 saturated carbocycles. The average Bonchev–Trinajstić information content (AvgIpc) is 3.34. The van der Waals surface area contributed by atoms with Gasteiger partial charge in [0.05, 0.1) is 4.92 Å². The molecule has 0 bridgehead atoms. The summed E-state index contributed by atoms with van der Waals surface area (Å²) in [4.78, 5) is 28.0. The first-order valence-electron chi connectivity index (χ1n) is 11.6. The molecule has 0 radical (unpaired) electrons. The third-order valence-corrected chi connectivity index (χ3v) is 6.62. The smallest absolute Gasteiger partial charge is 0.282 e. The Balaban J connectivity index is 1.38. The number of carbonyl (C=O) groups is 1. The highest BCUT2D eigenvalue weighted by Crippen LogP contribution is 2.26. The summed E-state index contributed by atoms with van der Waals surface area (Å²) in [6.07, 6.45) is 4.45. The summed E-state index contributed by atoms with van der Waals surface area (Å²) in [6.45, 7) is 7.58. The molecule has 1 N–H and O–H groups in total. The van der Waals surface area contributed by atoms with Crippen molar-refractivity contribution in [1.82, 2.24) is 9.80 Å². The largest absolute Gasteiger partial charge is 0.381 e. The number of nitro groups is 1. The zero-order chi connectivity index (χ0) is 22.5. The van der Waals surface area contributed by atoms with Crippen LogP contribution < -0.4 is 5.32 Å². The van der Waals surface area contributed by atoms with Gasteiger partial charge in [-0.3, -0.25) is 19.8 Å². The number of hydrogen-bond acceptors (Lipinski definition) is 5. The zero-order valence-corrected chi connectivity index (χ0v) is 18.8. The molecule has 2 aromatic rings. The Kier molecular flexibility index (Phi) is 7.05. The molecule has 170 valence electrons. The molecule has 2 fully saturated rings. The fourth-order valence-electron chi connectivity index (χ4n) is 4.51. The van der Waals surface area contributed by atoms with Crippen LogP contribution in [0.3, 0.4) is 0 Å². The quantitative estimate of drug-likeness (QED) is 0.504. The van der Waals surface area contributed by atoms with Gasteiger partial charge in [-0.1, -0.05) is 31.2 Å². The van der Waals surface area contributed by atoms with Gasteiger partial charge in [0.2, 0.25) is 0 Å². The molecule has 2 saturated heterocycles. The van der Waals surface area contributed by atoms with Gasteiger partial charge in [-0.15, -0.1) is 0 Å². The molecule has 4 rings (SSSR count). The number of rotatable bonds is 7. The van der Waals surface area contributed by atoms with E-state index in [1.54, 1.807) is 17.0 Å². The second kappa shape index (κ2) is 10.1. The molecule has 7 nitrogen and oxygen atoms in total. The highest BCUT2D eigenvalue weighted by atomic mass is 16.6. The van der Waals surface area contributed by atoms with Crippen molar-refractivity contribution in [2.24, 2.45) is 5.92 Å². The number of likely N-dealkylation sites (tertiary alicyclic amines) is 2. The second-order valence-electron chi connectivity index (χ2n) is 9.12. The molecule has 2 aliphatic heterocycles. The number of piperidine rings is 1. The second-order valence-corrected chi connectivity index (χ2v) is 9.12. The molecule has 32 heavy (non-hydrogen) atoms. The monoisotopic (exact) mass is 436 g/mol. The van der Waals surface area contributed by atoms with E-state index in [-0.39, 0.29) is 17.2 Å². The third kappa shape index (κ3) is 5.46. The minimum atomic E-state index is -0.477. The Morgan fingerprint density at radius 3 is 2.34 bits per heavy atom. The van der Waals surface area contributed by atoms with Crippen LogP contribution in [-0.2, 0) is 13.1 Å². The molecular formula is C25H32N4O3. The fourth-order valence-corrected chi connectivity index (χ4v) is 4.51. The average molecular weight is 437 g/mol. The number of hydrogen-bond donors (Lipinski definition) is 1. The van der Waals surface area contributed by atoms with Crippen LogP contribution in [-0.4, -0.2) is 46.8 Å². The SMILES string of the molecule is CC1CCN(Cc2ccc(CNc3ccc([N+](=O)[O-])c(C(=O)N4CCCC4)c3)cc2)CC1. The predicted octanol–water partition coefficient (Wildman–Crippen LogP) is 4.67. The van der Waals surface area contributed by atoms with Crippen LogP contribution in [0.5, 0.6) is 0 Å². The Morgan fingerprint density at radius 1 is 1.03 bits per heavy atom. The van der Waals surface area contributed by atoms with Crippen molar-refractivity contribution in [2.45, 2.75) is 45.7 Å². The number of benzene rings is 2. The van der Waals surface area contributed by atoms with Gasteiger partial charge in [0.25, 0.3) is 11.6 Å². The van der Waals surface area contributed by atoms with Crippen molar-refractivity contribution in [1.29, 1.82) is 0 Å². The lowest BCUT2D eigenvalue weighted by atomic mass is 9.99. The number of carbonyl (C=O) groups excluding carboxylic acids is 1. The summed E-state index contributed by atoms with van der Waals surface area (Å²) in [7, 11) is 0. The number of anilines is 1. The molecule has 1 amide bonds. The molecular weight excluding hydrogens is 404 g/mol. The van der Waals surface area contributed by atoms with Crippen LogP contribution in [0.2, 0.25) is 0 Å². The van der Waals surface area contributed by atoms with Crippen molar-refractivity contribution < 1.29 is 9.72 Å². The lowest BCUT2D eigenvalue weighted by Crippen LogP contribution is -2.32. The fraction of sp³-hybridized carbons (Fsp3) is 0.480. The van der Waals surface area contributed by atoms with Crippen LogP contribution in [0.1, 0.15) is 54.1 Å². The highest BCUT2D eigenvalue weighted by Gasteiger charge is 2.27. The number of nitro benzene ring substituents is 1. The Morgan fingerprint density at radius 2 is 1.69 bits per heavy atom. The maximum atomic E-state index is 12.8. The Bertz CT molecular complexity index is 946. The molecule has 2 heterocycles. The summed E-state index contributed by atoms with van der Waals surface area (Å²) < 4.78 is 0. The number of amides is 1. The first-order valence-corrected chi connectivity index (χ1v) is 11.6. The van der Waals surface area contributed by atoms with Crippen LogP contribution in [0.25, 0.3) is 0 Å². The third-order valence-electron chi connectivity index (χ3n) is 6.62. The lowest BCUT2D eigenvalue weighted by Gasteiger charge is -2.30. The summed E-state index contributed by atoms with van der Waals surface area (Å²) in [5.41, 5.74) is 3.19. The molecule has 0 aliphatic carbocycles. The molecule has 0 spiro atoms. The number of nitrogens with zero attached hydrogens (tertiary/aromatic N) is 3. The zero-order valence-electron chi connectivity index (χ0n) is 18.8. The van der Waals surface area contributed by atoms with E-state index in [4.69, 9.17) is 0 Å². The first kappa shape index (κ1) is 22.3. The predicted molar refractivity (Wildman–Crippen MR) is 126 cm³/mol. The molecule has 0 unspecified atom stereocenters. The molecule has 2 aromatic carbocycles. The van der Waals surface area contributed by atoms with E-state index in [0.29, 0.717) is 25.3 Å². The van der Waals surface area contributed by atoms with Gasteiger partial charge in [0, 0.05) is 37.9 Å². The van der Waals surface area contributed by atoms with Crippen molar-refractivity contribution in [3.63, 3.8) is 0 Å². The lowest BCUT2D eigenvalue weighted by molar-refractivity contribution is -0.385. The first-order chi connectivity index (χ1) is 15.5. The molecule has 0 aromatic heterocycles. The molecule has 7 heteroatoms. The van der Waals surface area contributed by atoms with Gasteiger partial charge >= 0.3 is 0 Å². The maximum Gasteiger partial charge on any atom is 0.282 e. The van der Waals surface area contributed by atoms with Crippen molar-refractivity contribution in [3.05, 3.63) is 69.3 Å². The van der Waals surface area contributed by atoms with E-state index >= 15 is 0 Å². The minimum Gasteiger partial charge on any atom is -0.381 e. The Hall–Kier alpha value is -2.93. The topological polar surface area (TPSA) is 78.7 Å². The van der Waals surface area contributed by atoms with Gasteiger partial charge in [-0.2, -0.15) is 0 Å². The van der Waals surface area contributed by atoms with Gasteiger partial charge in [0.15, 0.2) is 0 Å². The molecule has 2 aliphatic rings. The van der Waals surface area contributed by atoms with Gasteiger partial charge < -0.3 is 10.2 Å². The van der Waals surface area contributed by atoms with E-state index in [1.807, 2.05) is 0 Å². The number of nitrogens with one attached hydrogen (secondary N) is 1. The Labute approximate surface area is 189 Å². The van der Waals surface area contributed by atoms with Crippen LogP contribution in [0.15, 0.2) is 42.5 Å². The van der Waals surface area contributed by atoms with Crippen molar-refractivity contribution in [3.8, 4) is 0 Å². The summed E-state index contributed by atoms with van der Waals surface area (Å²) >= 11 is 0. The minimum absolute atomic E-state index is 0.135. The van der Waals surface area contributed by atoms with Crippen molar-refractivity contribution >= 4 is 17.3 Å². The van der Waals surface area contributed by atoms with E-state index in [9.17, 15) is 14.9 Å².